The van der Waals surface area contributed by atoms with E-state index in [0.29, 0.717) is 12.5 Å². The Morgan fingerprint density at radius 2 is 1.52 bits per heavy atom. The molecule has 0 amide bonds. The van der Waals surface area contributed by atoms with Gasteiger partial charge in [-0.2, -0.15) is 0 Å². The lowest BCUT2D eigenvalue weighted by atomic mass is 9.86. The maximum atomic E-state index is 6.74. The van der Waals surface area contributed by atoms with E-state index in [1.807, 2.05) is 0 Å². The number of halogens is 3. The summed E-state index contributed by atoms with van der Waals surface area (Å²) in [6, 6.07) is 0. The summed E-state index contributed by atoms with van der Waals surface area (Å²) in [4.78, 5) is 0. The Balaban J connectivity index is 2.21. The van der Waals surface area contributed by atoms with E-state index in [0.717, 1.165) is 0 Å². The van der Waals surface area contributed by atoms with Gasteiger partial charge in [-0.25, -0.2) is 0 Å². The number of hydrogen-bond donors (Lipinski definition) is 0. The van der Waals surface area contributed by atoms with Gasteiger partial charge in [0.05, 0.1) is 42.1 Å². The molecule has 2 heterocycles. The van der Waals surface area contributed by atoms with Gasteiger partial charge in [-0.05, 0) is 45.2 Å². The maximum absolute atomic E-state index is 6.74. The Bertz CT molecular complexity index is 588. The molecule has 5 nitrogen and oxygen atoms in total. The Kier molecular flexibility index (Phi) is 9.87. The summed E-state index contributed by atoms with van der Waals surface area (Å²) in [5, 5.41) is -0.154. The SMILES string of the molecule is CC1[C@@H](O[C@]2(CCl)O[C@H](CCl)C(O[Si](C)(C)C)[C@H]2C)OC(CO[Si](C)(C)C)[C@H](Cl)[C@@H]1C. The number of hydrogen-bond acceptors (Lipinski definition) is 5. The van der Waals surface area contributed by atoms with Crippen LogP contribution >= 0.6 is 34.8 Å². The van der Waals surface area contributed by atoms with Gasteiger partial charge in [-0.3, -0.25) is 0 Å². The second kappa shape index (κ2) is 10.8. The van der Waals surface area contributed by atoms with Crippen molar-refractivity contribution in [3.8, 4) is 0 Å². The smallest absolute Gasteiger partial charge is 0.190 e. The van der Waals surface area contributed by atoms with Gasteiger partial charge in [0.25, 0.3) is 0 Å². The molecular formula is C21H41Cl3O5Si2. The van der Waals surface area contributed by atoms with Gasteiger partial charge in [0.15, 0.2) is 28.7 Å². The predicted octanol–water partition coefficient (Wildman–Crippen LogP) is 5.89. The highest BCUT2D eigenvalue weighted by atomic mass is 35.5. The summed E-state index contributed by atoms with van der Waals surface area (Å²) in [7, 11) is -3.52. The zero-order valence-electron chi connectivity index (χ0n) is 20.4. The van der Waals surface area contributed by atoms with Crippen molar-refractivity contribution in [2.45, 2.75) is 95.8 Å². The Hall–Kier alpha value is 1.10. The van der Waals surface area contributed by atoms with E-state index in [1.165, 1.54) is 0 Å². The van der Waals surface area contributed by atoms with Crippen LogP contribution in [0.3, 0.4) is 0 Å². The first kappa shape index (κ1) is 28.3. The van der Waals surface area contributed by atoms with E-state index in [4.69, 9.17) is 57.9 Å². The molecule has 0 bridgehead atoms. The van der Waals surface area contributed by atoms with Crippen molar-refractivity contribution < 1.29 is 23.1 Å². The minimum atomic E-state index is -1.82. The summed E-state index contributed by atoms with van der Waals surface area (Å²) in [6.07, 6.45) is -1.23. The lowest BCUT2D eigenvalue weighted by Gasteiger charge is -2.46. The number of ether oxygens (including phenoxy) is 3. The second-order valence-corrected chi connectivity index (χ2v) is 21.0. The van der Waals surface area contributed by atoms with Crippen LogP contribution in [0.15, 0.2) is 0 Å². The average molecular weight is 536 g/mol. The van der Waals surface area contributed by atoms with Gasteiger partial charge in [0, 0.05) is 11.8 Å². The molecule has 2 rings (SSSR count). The van der Waals surface area contributed by atoms with E-state index in [-0.39, 0.29) is 47.3 Å². The van der Waals surface area contributed by atoms with Gasteiger partial charge in [-0.15, -0.1) is 34.8 Å². The number of rotatable bonds is 9. The minimum absolute atomic E-state index is 0.0629. The van der Waals surface area contributed by atoms with E-state index in [9.17, 15) is 0 Å². The molecule has 0 radical (unpaired) electrons. The Morgan fingerprint density at radius 1 is 0.903 bits per heavy atom. The van der Waals surface area contributed by atoms with E-state index in [1.54, 1.807) is 0 Å². The molecular weight excluding hydrogens is 495 g/mol. The van der Waals surface area contributed by atoms with Crippen LogP contribution in [0.1, 0.15) is 20.8 Å². The molecule has 2 fully saturated rings. The van der Waals surface area contributed by atoms with Crippen LogP contribution in [0.5, 0.6) is 0 Å². The summed E-state index contributed by atoms with van der Waals surface area (Å²) in [5.41, 5.74) is 0. The van der Waals surface area contributed by atoms with Crippen molar-refractivity contribution >= 4 is 51.4 Å². The van der Waals surface area contributed by atoms with Crippen LogP contribution in [-0.4, -0.2) is 70.8 Å². The lowest BCUT2D eigenvalue weighted by Crippen LogP contribution is -2.55. The standard InChI is InChI=1S/C21H41Cl3O5Si2/c1-13-14(2)20(26-17(18(13)24)11-25-30(4,5)6)28-21(12-23)15(3)19(16(10-22)27-21)29-31(7,8)9/h13-20H,10-12H2,1-9H3/t13-,14?,15-,16-,17?,18-,19?,20-,21+/m1/s1. The molecule has 10 heteroatoms. The fourth-order valence-corrected chi connectivity index (χ4v) is 6.88. The van der Waals surface area contributed by atoms with Crippen molar-refractivity contribution in [1.82, 2.24) is 0 Å². The van der Waals surface area contributed by atoms with Gasteiger partial charge < -0.3 is 23.1 Å². The minimum Gasteiger partial charge on any atom is -0.415 e. The van der Waals surface area contributed by atoms with Crippen molar-refractivity contribution in [3.05, 3.63) is 0 Å². The maximum Gasteiger partial charge on any atom is 0.190 e. The summed E-state index contributed by atoms with van der Waals surface area (Å²) < 4.78 is 31.8. The van der Waals surface area contributed by atoms with Crippen LogP contribution < -0.4 is 0 Å². The molecule has 0 aliphatic carbocycles. The fourth-order valence-electron chi connectivity index (χ4n) is 4.07. The molecule has 2 aliphatic heterocycles. The zero-order valence-corrected chi connectivity index (χ0v) is 24.7. The lowest BCUT2D eigenvalue weighted by molar-refractivity contribution is -0.338. The zero-order chi connectivity index (χ0) is 23.8. The summed E-state index contributed by atoms with van der Waals surface area (Å²) in [5.74, 6) is -0.417. The molecule has 31 heavy (non-hydrogen) atoms. The fraction of sp³-hybridized carbons (Fsp3) is 1.00. The Morgan fingerprint density at radius 3 is 2.00 bits per heavy atom. The molecule has 0 spiro atoms. The molecule has 9 atom stereocenters. The van der Waals surface area contributed by atoms with Gasteiger partial charge >= 0.3 is 0 Å². The van der Waals surface area contributed by atoms with Crippen LogP contribution in [0.4, 0.5) is 0 Å². The molecule has 0 saturated carbocycles. The van der Waals surface area contributed by atoms with Crippen LogP contribution in [-0.2, 0) is 23.1 Å². The average Bonchev–Trinajstić information content (AvgIpc) is 2.91. The van der Waals surface area contributed by atoms with Gasteiger partial charge in [0.2, 0.25) is 0 Å². The molecule has 184 valence electrons. The van der Waals surface area contributed by atoms with Crippen LogP contribution in [0, 0.1) is 17.8 Å². The third-order valence-electron chi connectivity index (χ3n) is 6.15. The third kappa shape index (κ3) is 7.06. The van der Waals surface area contributed by atoms with Crippen LogP contribution in [0.25, 0.3) is 0 Å². The monoisotopic (exact) mass is 534 g/mol. The molecule has 0 aromatic heterocycles. The van der Waals surface area contributed by atoms with E-state index in [2.05, 4.69) is 60.1 Å². The topological polar surface area (TPSA) is 46.2 Å². The van der Waals surface area contributed by atoms with Crippen molar-refractivity contribution in [3.63, 3.8) is 0 Å². The highest BCUT2D eigenvalue weighted by Gasteiger charge is 2.57. The highest BCUT2D eigenvalue weighted by Crippen LogP contribution is 2.45. The van der Waals surface area contributed by atoms with Crippen molar-refractivity contribution in [1.29, 1.82) is 0 Å². The first-order chi connectivity index (χ1) is 14.1. The molecule has 3 unspecified atom stereocenters. The molecule has 2 saturated heterocycles. The first-order valence-corrected chi connectivity index (χ1v) is 19.5. The molecule has 2 aliphatic rings. The predicted molar refractivity (Wildman–Crippen MR) is 133 cm³/mol. The van der Waals surface area contributed by atoms with Gasteiger partial charge in [0.1, 0.15) is 0 Å². The van der Waals surface area contributed by atoms with E-state index < -0.39 is 28.7 Å². The summed E-state index contributed by atoms with van der Waals surface area (Å²) in [6.45, 7) is 19.7. The third-order valence-corrected chi connectivity index (χ3v) is 9.52. The summed E-state index contributed by atoms with van der Waals surface area (Å²) >= 11 is 19.5. The first-order valence-electron chi connectivity index (χ1n) is 11.2. The van der Waals surface area contributed by atoms with E-state index >= 15 is 0 Å². The molecule has 0 aromatic carbocycles. The van der Waals surface area contributed by atoms with Gasteiger partial charge in [-0.1, -0.05) is 20.8 Å². The van der Waals surface area contributed by atoms with Crippen molar-refractivity contribution in [2.75, 3.05) is 18.4 Å². The largest absolute Gasteiger partial charge is 0.415 e. The molecule has 0 N–H and O–H groups in total. The van der Waals surface area contributed by atoms with Crippen LogP contribution in [0.2, 0.25) is 39.3 Å². The normalized spacial score (nSPS) is 42.2. The molecule has 0 aromatic rings. The Labute approximate surface area is 206 Å². The van der Waals surface area contributed by atoms with Crippen molar-refractivity contribution in [2.24, 2.45) is 17.8 Å². The quantitative estimate of drug-likeness (QED) is 0.272. The highest BCUT2D eigenvalue weighted by molar-refractivity contribution is 6.70. The second-order valence-electron chi connectivity index (χ2n) is 11.0. The number of alkyl halides is 3.